The fourth-order valence-corrected chi connectivity index (χ4v) is 1.96. The molecule has 0 aliphatic carbocycles. The Balaban J connectivity index is 2.70. The van der Waals surface area contributed by atoms with Crippen LogP contribution in [0.4, 0.5) is 13.2 Å². The molecule has 1 aromatic rings. The number of benzene rings is 1. The van der Waals surface area contributed by atoms with Crippen LogP contribution >= 0.6 is 0 Å². The Kier molecular flexibility index (Phi) is 6.61. The minimum Gasteiger partial charge on any atom is -0.396 e. The van der Waals surface area contributed by atoms with Crippen LogP contribution in [0.2, 0.25) is 0 Å². The summed E-state index contributed by atoms with van der Waals surface area (Å²) in [5, 5.41) is 11.5. The van der Waals surface area contributed by atoms with E-state index in [-0.39, 0.29) is 18.6 Å². The van der Waals surface area contributed by atoms with Gasteiger partial charge in [0.15, 0.2) is 0 Å². The number of nitrogens with one attached hydrogen (secondary N) is 1. The molecule has 0 aliphatic heterocycles. The lowest BCUT2D eigenvalue weighted by Gasteiger charge is -2.12. The van der Waals surface area contributed by atoms with Crippen molar-refractivity contribution < 1.29 is 23.1 Å². The molecule has 0 radical (unpaired) electrons. The zero-order chi connectivity index (χ0) is 16.8. The number of hydrogen-bond acceptors (Lipinski definition) is 2. The van der Waals surface area contributed by atoms with E-state index in [1.165, 1.54) is 18.2 Å². The number of halogens is 3. The summed E-state index contributed by atoms with van der Waals surface area (Å²) in [6, 6.07) is 4.60. The largest absolute Gasteiger partial charge is 0.416 e. The van der Waals surface area contributed by atoms with Gasteiger partial charge >= 0.3 is 6.18 Å². The van der Waals surface area contributed by atoms with Crippen molar-refractivity contribution in [3.63, 3.8) is 0 Å². The number of carbonyl (C=O) groups excluding carboxylic acids is 1. The predicted octanol–water partition coefficient (Wildman–Crippen LogP) is 3.39. The average molecular weight is 315 g/mol. The van der Waals surface area contributed by atoms with Gasteiger partial charge in [-0.05, 0) is 50.0 Å². The number of rotatable bonds is 6. The summed E-state index contributed by atoms with van der Waals surface area (Å²) in [5.41, 5.74) is 0.429. The monoisotopic (exact) mass is 315 g/mol. The SMILES string of the molecule is C/C(=C/C(=O)NC(C)CCCO)c1ccc(C(F)(F)F)cc1. The molecule has 122 valence electrons. The molecule has 0 bridgehead atoms. The van der Waals surface area contributed by atoms with E-state index in [0.29, 0.717) is 24.0 Å². The van der Waals surface area contributed by atoms with Crippen LogP contribution in [0, 0.1) is 0 Å². The average Bonchev–Trinajstić information content (AvgIpc) is 2.44. The highest BCUT2D eigenvalue weighted by atomic mass is 19.4. The predicted molar refractivity (Wildman–Crippen MR) is 79.0 cm³/mol. The van der Waals surface area contributed by atoms with Gasteiger partial charge in [0.1, 0.15) is 0 Å². The standard InChI is InChI=1S/C16H20F3NO2/c1-11(10-15(22)20-12(2)4-3-9-21)13-5-7-14(8-6-13)16(17,18)19/h5-8,10,12,21H,3-4,9H2,1-2H3,(H,20,22)/b11-10-. The number of alkyl halides is 3. The second-order valence-electron chi connectivity index (χ2n) is 5.18. The van der Waals surface area contributed by atoms with Crippen LogP contribution in [-0.2, 0) is 11.0 Å². The van der Waals surface area contributed by atoms with E-state index in [1.54, 1.807) is 6.92 Å². The lowest BCUT2D eigenvalue weighted by molar-refractivity contribution is -0.137. The Hall–Kier alpha value is -1.82. The van der Waals surface area contributed by atoms with Gasteiger partial charge in [-0.3, -0.25) is 4.79 Å². The molecule has 1 rings (SSSR count). The van der Waals surface area contributed by atoms with E-state index in [1.807, 2.05) is 6.92 Å². The fraction of sp³-hybridized carbons (Fsp3) is 0.438. The highest BCUT2D eigenvalue weighted by Crippen LogP contribution is 2.29. The van der Waals surface area contributed by atoms with Crippen molar-refractivity contribution in [2.45, 2.75) is 38.9 Å². The Morgan fingerprint density at radius 1 is 1.32 bits per heavy atom. The summed E-state index contributed by atoms with van der Waals surface area (Å²) >= 11 is 0. The Morgan fingerprint density at radius 2 is 1.91 bits per heavy atom. The van der Waals surface area contributed by atoms with Crippen LogP contribution < -0.4 is 5.32 Å². The summed E-state index contributed by atoms with van der Waals surface area (Å²) in [6.45, 7) is 3.57. The molecule has 1 amide bonds. The van der Waals surface area contributed by atoms with Crippen LogP contribution in [0.25, 0.3) is 5.57 Å². The second kappa shape index (κ2) is 7.98. The molecule has 1 atom stereocenters. The Bertz CT molecular complexity index is 521. The summed E-state index contributed by atoms with van der Waals surface area (Å²) in [5.74, 6) is -0.303. The molecule has 6 heteroatoms. The minimum atomic E-state index is -4.37. The lowest BCUT2D eigenvalue weighted by Crippen LogP contribution is -2.31. The number of aliphatic hydroxyl groups is 1. The van der Waals surface area contributed by atoms with Crippen LogP contribution in [0.3, 0.4) is 0 Å². The van der Waals surface area contributed by atoms with E-state index in [2.05, 4.69) is 5.32 Å². The number of allylic oxidation sites excluding steroid dienone is 1. The van der Waals surface area contributed by atoms with E-state index >= 15 is 0 Å². The first-order chi connectivity index (χ1) is 10.2. The molecule has 1 aromatic carbocycles. The van der Waals surface area contributed by atoms with Gasteiger partial charge in [0, 0.05) is 18.7 Å². The van der Waals surface area contributed by atoms with Gasteiger partial charge in [0.25, 0.3) is 0 Å². The molecular formula is C16H20F3NO2. The first kappa shape index (κ1) is 18.2. The normalized spacial score (nSPS) is 13.8. The van der Waals surface area contributed by atoms with Crippen molar-refractivity contribution in [3.05, 3.63) is 41.5 Å². The maximum absolute atomic E-state index is 12.5. The number of carbonyl (C=O) groups is 1. The van der Waals surface area contributed by atoms with Crippen LogP contribution in [0.15, 0.2) is 30.3 Å². The van der Waals surface area contributed by atoms with E-state index in [0.717, 1.165) is 12.1 Å². The first-order valence-electron chi connectivity index (χ1n) is 7.01. The third-order valence-electron chi connectivity index (χ3n) is 3.20. The number of hydrogen-bond donors (Lipinski definition) is 2. The van der Waals surface area contributed by atoms with Gasteiger partial charge in [-0.25, -0.2) is 0 Å². The topological polar surface area (TPSA) is 49.3 Å². The fourth-order valence-electron chi connectivity index (χ4n) is 1.96. The molecule has 1 unspecified atom stereocenters. The molecule has 0 spiro atoms. The Labute approximate surface area is 127 Å². The van der Waals surface area contributed by atoms with Crippen LogP contribution in [0.1, 0.15) is 37.8 Å². The molecule has 0 fully saturated rings. The maximum atomic E-state index is 12.5. The van der Waals surface area contributed by atoms with Crippen LogP contribution in [-0.4, -0.2) is 23.7 Å². The van der Waals surface area contributed by atoms with Gasteiger partial charge in [0.2, 0.25) is 5.91 Å². The molecule has 0 saturated carbocycles. The molecule has 0 aromatic heterocycles. The van der Waals surface area contributed by atoms with E-state index < -0.39 is 11.7 Å². The van der Waals surface area contributed by atoms with Gasteiger partial charge in [-0.15, -0.1) is 0 Å². The third kappa shape index (κ3) is 5.89. The quantitative estimate of drug-likeness (QED) is 0.791. The molecule has 2 N–H and O–H groups in total. The minimum absolute atomic E-state index is 0.0701. The highest BCUT2D eigenvalue weighted by molar-refractivity contribution is 5.94. The summed E-state index contributed by atoms with van der Waals surface area (Å²) in [4.78, 5) is 11.8. The van der Waals surface area contributed by atoms with Crippen molar-refractivity contribution in [1.82, 2.24) is 5.32 Å². The van der Waals surface area contributed by atoms with Gasteiger partial charge < -0.3 is 10.4 Å². The number of aliphatic hydroxyl groups excluding tert-OH is 1. The summed E-state index contributed by atoms with van der Waals surface area (Å²) in [6.07, 6.45) is -1.74. The second-order valence-corrected chi connectivity index (χ2v) is 5.18. The van der Waals surface area contributed by atoms with E-state index in [9.17, 15) is 18.0 Å². The van der Waals surface area contributed by atoms with Crippen molar-refractivity contribution in [2.75, 3.05) is 6.61 Å². The summed E-state index contributed by atoms with van der Waals surface area (Å²) < 4.78 is 37.4. The molecule has 0 saturated heterocycles. The Morgan fingerprint density at radius 3 is 2.41 bits per heavy atom. The zero-order valence-corrected chi connectivity index (χ0v) is 12.6. The highest BCUT2D eigenvalue weighted by Gasteiger charge is 2.29. The van der Waals surface area contributed by atoms with Crippen molar-refractivity contribution in [1.29, 1.82) is 0 Å². The molecule has 0 heterocycles. The van der Waals surface area contributed by atoms with Crippen LogP contribution in [0.5, 0.6) is 0 Å². The van der Waals surface area contributed by atoms with Crippen molar-refractivity contribution >= 4 is 11.5 Å². The molecular weight excluding hydrogens is 295 g/mol. The molecule has 3 nitrogen and oxygen atoms in total. The van der Waals surface area contributed by atoms with Crippen molar-refractivity contribution in [3.8, 4) is 0 Å². The lowest BCUT2D eigenvalue weighted by atomic mass is 10.0. The van der Waals surface area contributed by atoms with E-state index in [4.69, 9.17) is 5.11 Å². The zero-order valence-electron chi connectivity index (χ0n) is 12.6. The first-order valence-corrected chi connectivity index (χ1v) is 7.01. The molecule has 22 heavy (non-hydrogen) atoms. The number of amides is 1. The van der Waals surface area contributed by atoms with Crippen molar-refractivity contribution in [2.24, 2.45) is 0 Å². The maximum Gasteiger partial charge on any atom is 0.416 e. The van der Waals surface area contributed by atoms with Gasteiger partial charge in [-0.2, -0.15) is 13.2 Å². The van der Waals surface area contributed by atoms with Gasteiger partial charge in [0.05, 0.1) is 5.56 Å². The molecule has 0 aliphatic rings. The summed E-state index contributed by atoms with van der Waals surface area (Å²) in [7, 11) is 0. The van der Waals surface area contributed by atoms with Gasteiger partial charge in [-0.1, -0.05) is 12.1 Å². The third-order valence-corrected chi connectivity index (χ3v) is 3.20. The smallest absolute Gasteiger partial charge is 0.396 e.